The lowest BCUT2D eigenvalue weighted by Gasteiger charge is -2.28. The molecular weight excluding hydrogens is 270 g/mol. The fraction of sp³-hybridized carbons (Fsp3) is 0.467. The van der Waals surface area contributed by atoms with Crippen molar-refractivity contribution in [1.29, 1.82) is 0 Å². The molecule has 2 N–H and O–H groups in total. The molecule has 1 saturated heterocycles. The third-order valence-corrected chi connectivity index (χ3v) is 3.34. The summed E-state index contributed by atoms with van der Waals surface area (Å²) >= 11 is 0. The van der Waals surface area contributed by atoms with Crippen LogP contribution in [0.4, 0.5) is 0 Å². The van der Waals surface area contributed by atoms with Crippen molar-refractivity contribution >= 4 is 11.8 Å². The van der Waals surface area contributed by atoms with Crippen LogP contribution in [0, 0.1) is 0 Å². The van der Waals surface area contributed by atoms with Crippen LogP contribution in [0.15, 0.2) is 30.3 Å². The fourth-order valence-electron chi connectivity index (χ4n) is 2.13. The van der Waals surface area contributed by atoms with Gasteiger partial charge in [-0.15, -0.1) is 0 Å². The number of ether oxygens (including phenoxy) is 1. The second-order valence-corrected chi connectivity index (χ2v) is 5.02. The molecule has 1 unspecified atom stereocenters. The normalized spacial score (nSPS) is 18.0. The first-order chi connectivity index (χ1) is 10.2. The van der Waals surface area contributed by atoms with Crippen molar-refractivity contribution in [3.05, 3.63) is 35.9 Å². The van der Waals surface area contributed by atoms with E-state index >= 15 is 0 Å². The molecule has 0 aromatic heterocycles. The molecule has 1 aliphatic rings. The number of morpholine rings is 1. The zero-order chi connectivity index (χ0) is 15.1. The summed E-state index contributed by atoms with van der Waals surface area (Å²) in [5.74, 6) is -0.374. The number of carbonyl (C=O) groups is 2. The van der Waals surface area contributed by atoms with Crippen LogP contribution in [0.25, 0.3) is 0 Å². The van der Waals surface area contributed by atoms with E-state index in [1.807, 2.05) is 6.07 Å². The zero-order valence-electron chi connectivity index (χ0n) is 12.2. The van der Waals surface area contributed by atoms with Gasteiger partial charge in [0.15, 0.2) is 0 Å². The molecular formula is C15H21N3O3. The Hall–Kier alpha value is -1.92. The topological polar surface area (TPSA) is 70.7 Å². The maximum absolute atomic E-state index is 12.0. The van der Waals surface area contributed by atoms with Gasteiger partial charge < -0.3 is 20.3 Å². The van der Waals surface area contributed by atoms with Gasteiger partial charge in [0.25, 0.3) is 5.91 Å². The van der Waals surface area contributed by atoms with Crippen molar-refractivity contribution in [3.8, 4) is 0 Å². The predicted molar refractivity (Wildman–Crippen MR) is 79.0 cm³/mol. The highest BCUT2D eigenvalue weighted by Crippen LogP contribution is 2.00. The lowest BCUT2D eigenvalue weighted by Crippen LogP contribution is -2.47. The lowest BCUT2D eigenvalue weighted by molar-refractivity contribution is -0.130. The Kier molecular flexibility index (Phi) is 5.71. The minimum Gasteiger partial charge on any atom is -0.374 e. The highest BCUT2D eigenvalue weighted by atomic mass is 16.5. The van der Waals surface area contributed by atoms with Gasteiger partial charge in [0, 0.05) is 32.2 Å². The smallest absolute Gasteiger partial charge is 0.251 e. The molecule has 0 saturated carbocycles. The molecule has 2 rings (SSSR count). The first-order valence-electron chi connectivity index (χ1n) is 7.06. The molecule has 1 heterocycles. The maximum Gasteiger partial charge on any atom is 0.251 e. The van der Waals surface area contributed by atoms with E-state index in [9.17, 15) is 9.59 Å². The van der Waals surface area contributed by atoms with Gasteiger partial charge in [0.1, 0.15) is 0 Å². The van der Waals surface area contributed by atoms with Crippen molar-refractivity contribution < 1.29 is 14.3 Å². The Bertz CT molecular complexity index is 472. The van der Waals surface area contributed by atoms with Crippen molar-refractivity contribution in [1.82, 2.24) is 15.5 Å². The SMILES string of the molecule is CN(CC1CNCCO1)C(=O)CNC(=O)c1ccccc1. The Labute approximate surface area is 124 Å². The van der Waals surface area contributed by atoms with E-state index < -0.39 is 0 Å². The molecule has 1 aliphatic heterocycles. The molecule has 0 spiro atoms. The molecule has 21 heavy (non-hydrogen) atoms. The second kappa shape index (κ2) is 7.75. The van der Waals surface area contributed by atoms with E-state index in [0.717, 1.165) is 13.1 Å². The molecule has 0 radical (unpaired) electrons. The number of nitrogens with zero attached hydrogens (tertiary/aromatic N) is 1. The number of benzene rings is 1. The summed E-state index contributed by atoms with van der Waals surface area (Å²) in [5.41, 5.74) is 0.549. The largest absolute Gasteiger partial charge is 0.374 e. The highest BCUT2D eigenvalue weighted by molar-refractivity contribution is 5.96. The molecule has 1 atom stereocenters. The van der Waals surface area contributed by atoms with E-state index in [1.165, 1.54) is 0 Å². The van der Waals surface area contributed by atoms with Crippen molar-refractivity contribution in [2.24, 2.45) is 0 Å². The molecule has 2 amide bonds. The van der Waals surface area contributed by atoms with Gasteiger partial charge in [-0.05, 0) is 12.1 Å². The van der Waals surface area contributed by atoms with Gasteiger partial charge in [-0.1, -0.05) is 18.2 Å². The van der Waals surface area contributed by atoms with Crippen LogP contribution in [-0.2, 0) is 9.53 Å². The van der Waals surface area contributed by atoms with Crippen LogP contribution in [0.1, 0.15) is 10.4 Å². The first kappa shape index (κ1) is 15.5. The average molecular weight is 291 g/mol. The van der Waals surface area contributed by atoms with E-state index in [1.54, 1.807) is 36.2 Å². The predicted octanol–water partition coefficient (Wildman–Crippen LogP) is -0.137. The van der Waals surface area contributed by atoms with Crippen LogP contribution in [0.2, 0.25) is 0 Å². The second-order valence-electron chi connectivity index (χ2n) is 5.02. The van der Waals surface area contributed by atoms with Crippen LogP contribution in [0.3, 0.4) is 0 Å². The van der Waals surface area contributed by atoms with E-state index in [4.69, 9.17) is 4.74 Å². The summed E-state index contributed by atoms with van der Waals surface area (Å²) < 4.78 is 5.55. The number of hydrogen-bond acceptors (Lipinski definition) is 4. The minimum atomic E-state index is -0.243. The van der Waals surface area contributed by atoms with Crippen LogP contribution in [-0.4, -0.2) is 62.7 Å². The fourth-order valence-corrected chi connectivity index (χ4v) is 2.13. The third kappa shape index (κ3) is 4.84. The van der Waals surface area contributed by atoms with Gasteiger partial charge in [-0.3, -0.25) is 9.59 Å². The Balaban J connectivity index is 1.74. The summed E-state index contributed by atoms with van der Waals surface area (Å²) in [4.78, 5) is 25.4. The first-order valence-corrected chi connectivity index (χ1v) is 7.06. The number of rotatable bonds is 5. The molecule has 1 fully saturated rings. The van der Waals surface area contributed by atoms with E-state index in [2.05, 4.69) is 10.6 Å². The standard InChI is InChI=1S/C15H21N3O3/c1-18(11-13-9-16-7-8-21-13)14(19)10-17-15(20)12-5-3-2-4-6-12/h2-6,13,16H,7-11H2,1H3,(H,17,20). The number of nitrogens with one attached hydrogen (secondary N) is 2. The quantitative estimate of drug-likeness (QED) is 0.792. The molecule has 1 aromatic carbocycles. The van der Waals surface area contributed by atoms with Crippen LogP contribution < -0.4 is 10.6 Å². The zero-order valence-corrected chi connectivity index (χ0v) is 12.2. The van der Waals surface area contributed by atoms with Crippen LogP contribution in [0.5, 0.6) is 0 Å². The monoisotopic (exact) mass is 291 g/mol. The van der Waals surface area contributed by atoms with Crippen molar-refractivity contribution in [3.63, 3.8) is 0 Å². The lowest BCUT2D eigenvalue weighted by atomic mass is 10.2. The summed E-state index contributed by atoms with van der Waals surface area (Å²) in [6.45, 7) is 2.77. The van der Waals surface area contributed by atoms with Gasteiger partial charge in [-0.2, -0.15) is 0 Å². The summed E-state index contributed by atoms with van der Waals surface area (Å²) in [7, 11) is 1.72. The third-order valence-electron chi connectivity index (χ3n) is 3.34. The maximum atomic E-state index is 12.0. The Morgan fingerprint density at radius 3 is 2.81 bits per heavy atom. The van der Waals surface area contributed by atoms with Crippen molar-refractivity contribution in [2.45, 2.75) is 6.10 Å². The van der Waals surface area contributed by atoms with Gasteiger partial charge in [0.05, 0.1) is 19.3 Å². The summed E-state index contributed by atoms with van der Waals surface area (Å²) in [6, 6.07) is 8.84. The number of hydrogen-bond donors (Lipinski definition) is 2. The van der Waals surface area contributed by atoms with Gasteiger partial charge >= 0.3 is 0 Å². The Morgan fingerprint density at radius 2 is 2.14 bits per heavy atom. The summed E-state index contributed by atoms with van der Waals surface area (Å²) in [6.07, 6.45) is 0.0116. The highest BCUT2D eigenvalue weighted by Gasteiger charge is 2.18. The molecule has 6 nitrogen and oxygen atoms in total. The summed E-state index contributed by atoms with van der Waals surface area (Å²) in [5, 5.41) is 5.85. The molecule has 1 aromatic rings. The van der Waals surface area contributed by atoms with E-state index in [-0.39, 0.29) is 24.5 Å². The van der Waals surface area contributed by atoms with Gasteiger partial charge in [0.2, 0.25) is 5.91 Å². The number of likely N-dealkylation sites (N-methyl/N-ethyl adjacent to an activating group) is 1. The molecule has 0 bridgehead atoms. The van der Waals surface area contributed by atoms with E-state index in [0.29, 0.717) is 18.7 Å². The van der Waals surface area contributed by atoms with Crippen LogP contribution >= 0.6 is 0 Å². The van der Waals surface area contributed by atoms with Crippen molar-refractivity contribution in [2.75, 3.05) is 39.8 Å². The number of carbonyl (C=O) groups excluding carboxylic acids is 2. The average Bonchev–Trinajstić information content (AvgIpc) is 2.54. The van der Waals surface area contributed by atoms with Gasteiger partial charge in [-0.25, -0.2) is 0 Å². The number of amides is 2. The molecule has 114 valence electrons. The molecule has 0 aliphatic carbocycles. The molecule has 6 heteroatoms. The minimum absolute atomic E-state index is 0.00955. The Morgan fingerprint density at radius 1 is 1.38 bits per heavy atom.